The lowest BCUT2D eigenvalue weighted by Gasteiger charge is -2.25. The molecule has 0 atom stereocenters. The van der Waals surface area contributed by atoms with E-state index < -0.39 is 5.41 Å². The van der Waals surface area contributed by atoms with Gasteiger partial charge in [0.2, 0.25) is 5.91 Å². The fraction of sp³-hybridized carbons (Fsp3) is 0.562. The summed E-state index contributed by atoms with van der Waals surface area (Å²) < 4.78 is 0. The Morgan fingerprint density at radius 3 is 2.22 bits per heavy atom. The molecule has 0 fully saturated rings. The second-order valence-electron chi connectivity index (χ2n) is 5.38. The molecular weight excluding hydrogens is 222 g/mol. The van der Waals surface area contributed by atoms with Gasteiger partial charge < -0.3 is 5.32 Å². The lowest BCUT2D eigenvalue weighted by Crippen LogP contribution is -2.42. The van der Waals surface area contributed by atoms with Crippen LogP contribution >= 0.6 is 0 Å². The molecule has 0 aromatic heterocycles. The van der Waals surface area contributed by atoms with Crippen molar-refractivity contribution in [2.75, 3.05) is 6.54 Å². The molecule has 0 saturated heterocycles. The Morgan fingerprint density at radius 1 is 1.17 bits per heavy atom. The first-order valence-corrected chi connectivity index (χ1v) is 6.86. The maximum atomic E-state index is 12.3. The zero-order chi connectivity index (χ0) is 13.6. The van der Waals surface area contributed by atoms with E-state index in [1.54, 1.807) is 0 Å². The van der Waals surface area contributed by atoms with E-state index >= 15 is 0 Å². The van der Waals surface area contributed by atoms with Gasteiger partial charge in [0.25, 0.3) is 0 Å². The van der Waals surface area contributed by atoms with Crippen molar-refractivity contribution in [2.24, 2.45) is 5.92 Å². The predicted octanol–water partition coefficient (Wildman–Crippen LogP) is 3.52. The van der Waals surface area contributed by atoms with E-state index in [9.17, 15) is 4.79 Å². The number of rotatable bonds is 6. The van der Waals surface area contributed by atoms with Crippen LogP contribution in [0.3, 0.4) is 0 Å². The molecule has 0 saturated carbocycles. The Bertz CT molecular complexity index is 366. The summed E-state index contributed by atoms with van der Waals surface area (Å²) in [5, 5.41) is 3.08. The van der Waals surface area contributed by atoms with Gasteiger partial charge in [0.05, 0.1) is 5.41 Å². The summed E-state index contributed by atoms with van der Waals surface area (Å²) in [5.41, 5.74) is 0.597. The summed E-state index contributed by atoms with van der Waals surface area (Å²) >= 11 is 0. The second-order valence-corrected chi connectivity index (χ2v) is 5.38. The first-order chi connectivity index (χ1) is 8.52. The molecule has 1 N–H and O–H groups in total. The van der Waals surface area contributed by atoms with Crippen molar-refractivity contribution < 1.29 is 4.79 Å². The molecule has 2 heteroatoms. The van der Waals surface area contributed by atoms with Gasteiger partial charge >= 0.3 is 0 Å². The van der Waals surface area contributed by atoms with Crippen molar-refractivity contribution in [3.05, 3.63) is 35.9 Å². The SMILES string of the molecule is CCC(CC)CNC(=O)C(C)(C)c1ccccc1. The Kier molecular flexibility index (Phi) is 5.39. The van der Waals surface area contributed by atoms with Crippen LogP contribution in [-0.4, -0.2) is 12.5 Å². The zero-order valence-electron chi connectivity index (χ0n) is 12.0. The standard InChI is InChI=1S/C16H25NO/c1-5-13(6-2)12-17-15(18)16(3,4)14-10-8-7-9-11-14/h7-11,13H,5-6,12H2,1-4H3,(H,17,18). The van der Waals surface area contributed by atoms with Crippen molar-refractivity contribution >= 4 is 5.91 Å². The van der Waals surface area contributed by atoms with Crippen molar-refractivity contribution in [3.8, 4) is 0 Å². The molecule has 18 heavy (non-hydrogen) atoms. The number of hydrogen-bond donors (Lipinski definition) is 1. The van der Waals surface area contributed by atoms with Crippen molar-refractivity contribution in [3.63, 3.8) is 0 Å². The van der Waals surface area contributed by atoms with Crippen molar-refractivity contribution in [1.82, 2.24) is 5.32 Å². The Labute approximate surface area is 111 Å². The van der Waals surface area contributed by atoms with Gasteiger partial charge in [-0.15, -0.1) is 0 Å². The molecule has 0 aliphatic rings. The molecule has 1 aromatic rings. The molecule has 0 radical (unpaired) electrons. The van der Waals surface area contributed by atoms with Gasteiger partial charge in [-0.2, -0.15) is 0 Å². The molecular formula is C16H25NO. The fourth-order valence-electron chi connectivity index (χ4n) is 2.02. The average molecular weight is 247 g/mol. The summed E-state index contributed by atoms with van der Waals surface area (Å²) in [4.78, 5) is 12.3. The molecule has 1 rings (SSSR count). The maximum absolute atomic E-state index is 12.3. The van der Waals surface area contributed by atoms with Gasteiger partial charge in [0, 0.05) is 6.54 Å². The summed E-state index contributed by atoms with van der Waals surface area (Å²) in [6, 6.07) is 9.95. The van der Waals surface area contributed by atoms with Gasteiger partial charge in [-0.05, 0) is 25.3 Å². The van der Waals surface area contributed by atoms with Crippen LogP contribution in [0, 0.1) is 5.92 Å². The minimum absolute atomic E-state index is 0.112. The fourth-order valence-corrected chi connectivity index (χ4v) is 2.02. The molecule has 0 spiro atoms. The second kappa shape index (κ2) is 6.58. The lowest BCUT2D eigenvalue weighted by atomic mass is 9.83. The van der Waals surface area contributed by atoms with E-state index in [0.717, 1.165) is 24.9 Å². The number of carbonyl (C=O) groups excluding carboxylic acids is 1. The summed E-state index contributed by atoms with van der Waals surface area (Å²) in [6.07, 6.45) is 2.23. The number of benzene rings is 1. The largest absolute Gasteiger partial charge is 0.355 e. The van der Waals surface area contributed by atoms with E-state index in [1.165, 1.54) is 0 Å². The third kappa shape index (κ3) is 3.59. The molecule has 2 nitrogen and oxygen atoms in total. The van der Waals surface area contributed by atoms with E-state index in [2.05, 4.69) is 19.2 Å². The normalized spacial score (nSPS) is 11.6. The number of nitrogens with one attached hydrogen (secondary N) is 1. The monoisotopic (exact) mass is 247 g/mol. The molecule has 0 unspecified atom stereocenters. The summed E-state index contributed by atoms with van der Waals surface area (Å²) in [7, 11) is 0. The number of amides is 1. The Balaban J connectivity index is 2.66. The van der Waals surface area contributed by atoms with Gasteiger partial charge in [-0.3, -0.25) is 4.79 Å². The minimum Gasteiger partial charge on any atom is -0.355 e. The smallest absolute Gasteiger partial charge is 0.230 e. The molecule has 0 aliphatic carbocycles. The minimum atomic E-state index is -0.465. The van der Waals surface area contributed by atoms with Crippen LogP contribution in [0.4, 0.5) is 0 Å². The molecule has 1 aromatic carbocycles. The molecule has 0 bridgehead atoms. The van der Waals surface area contributed by atoms with Crippen LogP contribution in [-0.2, 0) is 10.2 Å². The molecule has 100 valence electrons. The third-order valence-corrected chi connectivity index (χ3v) is 3.77. The summed E-state index contributed by atoms with van der Waals surface area (Å²) in [5.74, 6) is 0.695. The van der Waals surface area contributed by atoms with Crippen molar-refractivity contribution in [2.45, 2.75) is 46.0 Å². The van der Waals surface area contributed by atoms with Crippen molar-refractivity contribution in [1.29, 1.82) is 0 Å². The molecule has 0 aliphatic heterocycles. The van der Waals surface area contributed by atoms with E-state index in [-0.39, 0.29) is 5.91 Å². The van der Waals surface area contributed by atoms with Crippen LogP contribution in [0.15, 0.2) is 30.3 Å². The van der Waals surface area contributed by atoms with E-state index in [1.807, 2.05) is 44.2 Å². The third-order valence-electron chi connectivity index (χ3n) is 3.77. The highest BCUT2D eigenvalue weighted by Crippen LogP contribution is 2.23. The molecule has 1 amide bonds. The first-order valence-electron chi connectivity index (χ1n) is 6.86. The van der Waals surface area contributed by atoms with Gasteiger partial charge in [-0.1, -0.05) is 57.0 Å². The van der Waals surface area contributed by atoms with Crippen LogP contribution in [0.25, 0.3) is 0 Å². The van der Waals surface area contributed by atoms with Crippen LogP contribution in [0.2, 0.25) is 0 Å². The van der Waals surface area contributed by atoms with E-state index in [0.29, 0.717) is 5.92 Å². The van der Waals surface area contributed by atoms with Crippen LogP contribution in [0.1, 0.15) is 46.1 Å². The quantitative estimate of drug-likeness (QED) is 0.819. The topological polar surface area (TPSA) is 29.1 Å². The van der Waals surface area contributed by atoms with Gasteiger partial charge in [-0.25, -0.2) is 0 Å². The highest BCUT2D eigenvalue weighted by Gasteiger charge is 2.29. The highest BCUT2D eigenvalue weighted by molar-refractivity contribution is 5.87. The number of hydrogen-bond acceptors (Lipinski definition) is 1. The van der Waals surface area contributed by atoms with Crippen LogP contribution in [0.5, 0.6) is 0 Å². The Hall–Kier alpha value is -1.31. The lowest BCUT2D eigenvalue weighted by molar-refractivity contribution is -0.125. The van der Waals surface area contributed by atoms with E-state index in [4.69, 9.17) is 0 Å². The van der Waals surface area contributed by atoms with Gasteiger partial charge in [0.1, 0.15) is 0 Å². The summed E-state index contributed by atoms with van der Waals surface area (Å²) in [6.45, 7) is 9.07. The maximum Gasteiger partial charge on any atom is 0.230 e. The number of carbonyl (C=O) groups is 1. The first kappa shape index (κ1) is 14.7. The molecule has 0 heterocycles. The van der Waals surface area contributed by atoms with Crippen LogP contribution < -0.4 is 5.32 Å². The highest BCUT2D eigenvalue weighted by atomic mass is 16.2. The Morgan fingerprint density at radius 2 is 1.72 bits per heavy atom. The zero-order valence-corrected chi connectivity index (χ0v) is 12.0. The van der Waals surface area contributed by atoms with Gasteiger partial charge in [0.15, 0.2) is 0 Å². The predicted molar refractivity (Wildman–Crippen MR) is 76.5 cm³/mol. The average Bonchev–Trinajstić information content (AvgIpc) is 2.40.